The van der Waals surface area contributed by atoms with Gasteiger partial charge in [0.2, 0.25) is 0 Å². The van der Waals surface area contributed by atoms with E-state index in [-0.39, 0.29) is 11.2 Å². The van der Waals surface area contributed by atoms with Crippen molar-refractivity contribution in [2.24, 2.45) is 0 Å². The largest absolute Gasteiger partial charge is 0.289 e. The molecule has 0 bridgehead atoms. The van der Waals surface area contributed by atoms with Crippen LogP contribution < -0.4 is 0 Å². The molecule has 0 radical (unpaired) electrons. The third-order valence-electron chi connectivity index (χ3n) is 4.53. The first-order valence-electron chi connectivity index (χ1n) is 7.68. The number of hydrogen-bond donors (Lipinski definition) is 0. The second kappa shape index (κ2) is 4.30. The molecule has 22 heavy (non-hydrogen) atoms. The van der Waals surface area contributed by atoms with Crippen LogP contribution in [0.15, 0.2) is 54.6 Å². The average molecular weight is 286 g/mol. The molecule has 0 atom stereocenters. The molecule has 0 N–H and O–H groups in total. The minimum absolute atomic E-state index is 0.0792. The summed E-state index contributed by atoms with van der Waals surface area (Å²) in [7, 11) is 0. The number of benzene rings is 3. The van der Waals surface area contributed by atoms with Gasteiger partial charge < -0.3 is 0 Å². The summed E-state index contributed by atoms with van der Waals surface area (Å²) in [6.45, 7) is 6.69. The van der Waals surface area contributed by atoms with Crippen LogP contribution >= 0.6 is 0 Å². The van der Waals surface area contributed by atoms with Crippen LogP contribution in [0.4, 0.5) is 0 Å². The van der Waals surface area contributed by atoms with Crippen molar-refractivity contribution in [1.82, 2.24) is 0 Å². The van der Waals surface area contributed by atoms with Crippen LogP contribution in [0, 0.1) is 0 Å². The molecule has 0 saturated carbocycles. The Kier molecular flexibility index (Phi) is 2.59. The van der Waals surface area contributed by atoms with Crippen molar-refractivity contribution >= 4 is 16.6 Å². The van der Waals surface area contributed by atoms with Crippen LogP contribution in [0.3, 0.4) is 0 Å². The van der Waals surface area contributed by atoms with E-state index >= 15 is 0 Å². The molecule has 0 amide bonds. The summed E-state index contributed by atoms with van der Waals surface area (Å²) in [5.74, 6) is 0.147. The predicted octanol–water partition coefficient (Wildman–Crippen LogP) is 5.35. The summed E-state index contributed by atoms with van der Waals surface area (Å²) in [5, 5.41) is 2.39. The van der Waals surface area contributed by atoms with Crippen LogP contribution in [-0.4, -0.2) is 5.78 Å². The number of fused-ring (bicyclic) bond motifs is 4. The molecule has 1 heteroatoms. The molecule has 1 aliphatic rings. The zero-order valence-corrected chi connectivity index (χ0v) is 13.1. The van der Waals surface area contributed by atoms with Gasteiger partial charge in [0.25, 0.3) is 0 Å². The lowest BCUT2D eigenvalue weighted by Gasteiger charge is -2.21. The van der Waals surface area contributed by atoms with Gasteiger partial charge in [0.05, 0.1) is 0 Å². The van der Waals surface area contributed by atoms with Gasteiger partial charge in [-0.1, -0.05) is 63.2 Å². The van der Waals surface area contributed by atoms with Crippen molar-refractivity contribution in [2.45, 2.75) is 26.2 Å². The van der Waals surface area contributed by atoms with Gasteiger partial charge >= 0.3 is 0 Å². The topological polar surface area (TPSA) is 17.1 Å². The highest BCUT2D eigenvalue weighted by atomic mass is 16.1. The standard InChI is InChI=1S/C21H18O/c1-21(2,3)19-10-6-7-13-11-18-17(12-16(13)19)14-8-4-5-9-15(14)20(18)22/h4-12H,1-3H3. The highest BCUT2D eigenvalue weighted by Crippen LogP contribution is 2.40. The van der Waals surface area contributed by atoms with Gasteiger partial charge in [-0.15, -0.1) is 0 Å². The minimum atomic E-state index is 0.0792. The summed E-state index contributed by atoms with van der Waals surface area (Å²) in [5.41, 5.74) is 5.20. The minimum Gasteiger partial charge on any atom is -0.289 e. The number of rotatable bonds is 0. The van der Waals surface area contributed by atoms with Gasteiger partial charge in [-0.2, -0.15) is 0 Å². The van der Waals surface area contributed by atoms with Gasteiger partial charge in [0, 0.05) is 11.1 Å². The molecule has 3 aromatic carbocycles. The normalized spacial score (nSPS) is 13.3. The third kappa shape index (κ3) is 1.75. The molecule has 0 unspecified atom stereocenters. The number of carbonyl (C=O) groups excluding carboxylic acids is 1. The fraction of sp³-hybridized carbons (Fsp3) is 0.190. The monoisotopic (exact) mass is 286 g/mol. The van der Waals surface area contributed by atoms with E-state index in [0.717, 1.165) is 27.6 Å². The summed E-state index contributed by atoms with van der Waals surface area (Å²) in [6, 6.07) is 18.5. The summed E-state index contributed by atoms with van der Waals surface area (Å²) < 4.78 is 0. The third-order valence-corrected chi connectivity index (χ3v) is 4.53. The van der Waals surface area contributed by atoms with E-state index < -0.39 is 0 Å². The molecule has 0 aliphatic heterocycles. The van der Waals surface area contributed by atoms with Gasteiger partial charge in [-0.05, 0) is 45.0 Å². The number of hydrogen-bond acceptors (Lipinski definition) is 1. The van der Waals surface area contributed by atoms with Gasteiger partial charge in [0.15, 0.2) is 5.78 Å². The lowest BCUT2D eigenvalue weighted by atomic mass is 9.83. The Labute approximate surface area is 130 Å². The van der Waals surface area contributed by atoms with E-state index in [1.54, 1.807) is 0 Å². The Balaban J connectivity index is 2.10. The average Bonchev–Trinajstić information content (AvgIpc) is 2.77. The van der Waals surface area contributed by atoms with E-state index in [1.165, 1.54) is 10.9 Å². The predicted molar refractivity (Wildman–Crippen MR) is 91.5 cm³/mol. The number of ketones is 1. The van der Waals surface area contributed by atoms with Crippen LogP contribution in [-0.2, 0) is 5.41 Å². The van der Waals surface area contributed by atoms with E-state index in [0.29, 0.717) is 0 Å². The Hall–Kier alpha value is -2.41. The second-order valence-corrected chi connectivity index (χ2v) is 7.05. The summed E-state index contributed by atoms with van der Waals surface area (Å²) in [6.07, 6.45) is 0. The lowest BCUT2D eigenvalue weighted by Crippen LogP contribution is -2.11. The van der Waals surface area contributed by atoms with Crippen molar-refractivity contribution < 1.29 is 4.79 Å². The molecule has 3 aromatic rings. The Morgan fingerprint density at radius 2 is 1.45 bits per heavy atom. The molecule has 0 spiro atoms. The van der Waals surface area contributed by atoms with Crippen molar-refractivity contribution in [2.75, 3.05) is 0 Å². The van der Waals surface area contributed by atoms with Gasteiger partial charge in [-0.3, -0.25) is 4.79 Å². The zero-order valence-electron chi connectivity index (χ0n) is 13.1. The van der Waals surface area contributed by atoms with Crippen molar-refractivity contribution in [3.63, 3.8) is 0 Å². The highest BCUT2D eigenvalue weighted by molar-refractivity contribution is 6.23. The van der Waals surface area contributed by atoms with Crippen LogP contribution in [0.5, 0.6) is 0 Å². The fourth-order valence-corrected chi connectivity index (χ4v) is 3.45. The first kappa shape index (κ1) is 13.3. The van der Waals surface area contributed by atoms with Crippen molar-refractivity contribution in [3.8, 4) is 11.1 Å². The Bertz CT molecular complexity index is 926. The molecular weight excluding hydrogens is 268 g/mol. The van der Waals surface area contributed by atoms with Crippen molar-refractivity contribution in [1.29, 1.82) is 0 Å². The Morgan fingerprint density at radius 3 is 2.18 bits per heavy atom. The molecule has 108 valence electrons. The highest BCUT2D eigenvalue weighted by Gasteiger charge is 2.27. The molecule has 0 fully saturated rings. The molecule has 4 rings (SSSR count). The molecule has 0 aromatic heterocycles. The lowest BCUT2D eigenvalue weighted by molar-refractivity contribution is 0.104. The second-order valence-electron chi connectivity index (χ2n) is 7.05. The summed E-state index contributed by atoms with van der Waals surface area (Å²) >= 11 is 0. The number of carbonyl (C=O) groups is 1. The maximum atomic E-state index is 12.6. The summed E-state index contributed by atoms with van der Waals surface area (Å²) in [4.78, 5) is 12.6. The molecule has 1 aliphatic carbocycles. The maximum Gasteiger partial charge on any atom is 0.194 e. The van der Waals surface area contributed by atoms with Crippen LogP contribution in [0.2, 0.25) is 0 Å². The molecule has 0 saturated heterocycles. The first-order chi connectivity index (χ1) is 10.5. The van der Waals surface area contributed by atoms with E-state index in [1.807, 2.05) is 24.3 Å². The quantitative estimate of drug-likeness (QED) is 0.426. The molecule has 1 nitrogen and oxygen atoms in total. The van der Waals surface area contributed by atoms with E-state index in [4.69, 9.17) is 0 Å². The zero-order chi connectivity index (χ0) is 15.5. The smallest absolute Gasteiger partial charge is 0.194 e. The molecule has 0 heterocycles. The SMILES string of the molecule is CC(C)(C)c1cccc2cc3c(cc12)-c1ccccc1C3=O. The van der Waals surface area contributed by atoms with E-state index in [9.17, 15) is 4.79 Å². The van der Waals surface area contributed by atoms with Crippen molar-refractivity contribution in [3.05, 3.63) is 71.3 Å². The fourth-order valence-electron chi connectivity index (χ4n) is 3.45. The van der Waals surface area contributed by atoms with Gasteiger partial charge in [-0.25, -0.2) is 0 Å². The maximum absolute atomic E-state index is 12.6. The molecular formula is C21H18O. The van der Waals surface area contributed by atoms with Gasteiger partial charge in [0.1, 0.15) is 0 Å². The van der Waals surface area contributed by atoms with Crippen LogP contribution in [0.25, 0.3) is 21.9 Å². The Morgan fingerprint density at radius 1 is 0.727 bits per heavy atom. The van der Waals surface area contributed by atoms with Crippen LogP contribution in [0.1, 0.15) is 42.3 Å². The first-order valence-corrected chi connectivity index (χ1v) is 7.68. The van der Waals surface area contributed by atoms with E-state index in [2.05, 4.69) is 51.1 Å².